The van der Waals surface area contributed by atoms with Crippen LogP contribution < -0.4 is 11.1 Å². The van der Waals surface area contributed by atoms with Crippen LogP contribution in [-0.2, 0) is 9.53 Å². The number of amides is 1. The number of aryl methyl sites for hydroxylation is 1. The molecular weight excluding hydrogens is 266 g/mol. The van der Waals surface area contributed by atoms with Crippen molar-refractivity contribution >= 4 is 17.3 Å². The molecule has 0 spiro atoms. The van der Waals surface area contributed by atoms with E-state index in [2.05, 4.69) is 10.2 Å². The van der Waals surface area contributed by atoms with E-state index in [4.69, 9.17) is 10.5 Å². The van der Waals surface area contributed by atoms with Gasteiger partial charge in [-0.15, -0.1) is 0 Å². The molecule has 1 amide bonds. The van der Waals surface area contributed by atoms with Crippen LogP contribution in [0.25, 0.3) is 0 Å². The quantitative estimate of drug-likeness (QED) is 0.787. The first-order chi connectivity index (χ1) is 10.1. The summed E-state index contributed by atoms with van der Waals surface area (Å²) in [4.78, 5) is 14.3. The number of carbonyl (C=O) groups excluding carboxylic acids is 1. The van der Waals surface area contributed by atoms with Crippen molar-refractivity contribution in [2.45, 2.75) is 32.3 Å². The minimum Gasteiger partial charge on any atom is -0.399 e. The van der Waals surface area contributed by atoms with Crippen molar-refractivity contribution < 1.29 is 9.53 Å². The lowest BCUT2D eigenvalue weighted by Gasteiger charge is -2.15. The topological polar surface area (TPSA) is 67.6 Å². The molecule has 21 heavy (non-hydrogen) atoms. The van der Waals surface area contributed by atoms with E-state index in [1.165, 1.54) is 0 Å². The predicted molar refractivity (Wildman–Crippen MR) is 85.3 cm³/mol. The maximum atomic E-state index is 12.0. The summed E-state index contributed by atoms with van der Waals surface area (Å²) in [5, 5.41) is 2.93. The fourth-order valence-electron chi connectivity index (χ4n) is 2.64. The molecule has 1 atom stereocenters. The highest BCUT2D eigenvalue weighted by molar-refractivity contribution is 5.91. The minimum atomic E-state index is 0.0474. The molecule has 1 aliphatic heterocycles. The number of nitrogens with two attached hydrogens (primary N) is 1. The highest BCUT2D eigenvalue weighted by Gasteiger charge is 2.21. The summed E-state index contributed by atoms with van der Waals surface area (Å²) in [6.45, 7) is 4.95. The van der Waals surface area contributed by atoms with E-state index in [9.17, 15) is 4.79 Å². The zero-order valence-corrected chi connectivity index (χ0v) is 12.9. The highest BCUT2D eigenvalue weighted by atomic mass is 16.5. The summed E-state index contributed by atoms with van der Waals surface area (Å²) < 4.78 is 5.34. The average Bonchev–Trinajstić information content (AvgIpc) is 2.91. The van der Waals surface area contributed by atoms with Crippen LogP contribution in [0.5, 0.6) is 0 Å². The molecule has 0 saturated carbocycles. The molecule has 1 saturated heterocycles. The van der Waals surface area contributed by atoms with Gasteiger partial charge in [0.25, 0.3) is 0 Å². The largest absolute Gasteiger partial charge is 0.399 e. The van der Waals surface area contributed by atoms with E-state index in [1.54, 1.807) is 13.2 Å². The number of likely N-dealkylation sites (tertiary alicyclic amines) is 1. The van der Waals surface area contributed by atoms with Crippen LogP contribution in [0.3, 0.4) is 0 Å². The van der Waals surface area contributed by atoms with E-state index in [0.29, 0.717) is 18.2 Å². The van der Waals surface area contributed by atoms with Gasteiger partial charge in [0.15, 0.2) is 0 Å². The molecule has 0 aliphatic carbocycles. The summed E-state index contributed by atoms with van der Waals surface area (Å²) in [5.74, 6) is 0.0474. The zero-order valence-electron chi connectivity index (χ0n) is 12.9. The van der Waals surface area contributed by atoms with Crippen molar-refractivity contribution in [3.05, 3.63) is 23.8 Å². The van der Waals surface area contributed by atoms with Gasteiger partial charge >= 0.3 is 0 Å². The second-order valence-corrected chi connectivity index (χ2v) is 5.67. The van der Waals surface area contributed by atoms with Crippen LogP contribution in [0.15, 0.2) is 18.2 Å². The molecule has 1 heterocycles. The third-order valence-electron chi connectivity index (χ3n) is 3.98. The Kier molecular flexibility index (Phi) is 5.59. The number of hydrogen-bond donors (Lipinski definition) is 2. The van der Waals surface area contributed by atoms with Crippen molar-refractivity contribution in [3.8, 4) is 0 Å². The van der Waals surface area contributed by atoms with Gasteiger partial charge in [0, 0.05) is 38.0 Å². The zero-order chi connectivity index (χ0) is 15.2. The lowest BCUT2D eigenvalue weighted by Crippen LogP contribution is -2.25. The van der Waals surface area contributed by atoms with Gasteiger partial charge in [-0.1, -0.05) is 6.07 Å². The van der Waals surface area contributed by atoms with Crippen LogP contribution in [0.2, 0.25) is 0 Å². The Morgan fingerprint density at radius 2 is 2.33 bits per heavy atom. The Morgan fingerprint density at radius 1 is 1.52 bits per heavy atom. The molecular formula is C16H25N3O2. The normalized spacial score (nSPS) is 18.9. The highest BCUT2D eigenvalue weighted by Crippen LogP contribution is 2.18. The first-order valence-electron chi connectivity index (χ1n) is 7.49. The second-order valence-electron chi connectivity index (χ2n) is 5.67. The number of nitrogens with zero attached hydrogens (tertiary/aromatic N) is 1. The third-order valence-corrected chi connectivity index (χ3v) is 3.98. The number of carbonyl (C=O) groups is 1. The number of methoxy groups -OCH3 is 1. The lowest BCUT2D eigenvalue weighted by atomic mass is 10.1. The Labute approximate surface area is 126 Å². The van der Waals surface area contributed by atoms with Crippen LogP contribution >= 0.6 is 0 Å². The van der Waals surface area contributed by atoms with Crippen molar-refractivity contribution in [1.29, 1.82) is 0 Å². The van der Waals surface area contributed by atoms with E-state index in [0.717, 1.165) is 43.7 Å². The molecule has 1 aromatic carbocycles. The second kappa shape index (κ2) is 7.43. The Morgan fingerprint density at radius 3 is 3.05 bits per heavy atom. The van der Waals surface area contributed by atoms with Crippen LogP contribution in [0.1, 0.15) is 24.8 Å². The van der Waals surface area contributed by atoms with Crippen LogP contribution in [-0.4, -0.2) is 43.7 Å². The molecule has 3 N–H and O–H groups in total. The maximum absolute atomic E-state index is 12.0. The van der Waals surface area contributed by atoms with Gasteiger partial charge in [-0.2, -0.15) is 0 Å². The molecule has 1 fully saturated rings. The fourth-order valence-corrected chi connectivity index (χ4v) is 2.64. The van der Waals surface area contributed by atoms with Crippen molar-refractivity contribution in [1.82, 2.24) is 4.90 Å². The van der Waals surface area contributed by atoms with Gasteiger partial charge in [0.1, 0.15) is 0 Å². The van der Waals surface area contributed by atoms with Crippen LogP contribution in [0, 0.1) is 6.92 Å². The number of benzene rings is 1. The van der Waals surface area contributed by atoms with E-state index < -0.39 is 0 Å². The molecule has 5 heteroatoms. The van der Waals surface area contributed by atoms with Crippen LogP contribution in [0.4, 0.5) is 11.4 Å². The SMILES string of the molecule is COC1CCN(CCCC(=O)Nc2cc(N)ccc2C)C1. The summed E-state index contributed by atoms with van der Waals surface area (Å²) in [5.41, 5.74) is 8.24. The predicted octanol–water partition coefficient (Wildman–Crippen LogP) is 2.02. The number of nitrogen functional groups attached to an aromatic ring is 1. The molecule has 1 aliphatic rings. The Hall–Kier alpha value is -1.59. The van der Waals surface area contributed by atoms with Crippen molar-refractivity contribution in [3.63, 3.8) is 0 Å². The number of hydrogen-bond acceptors (Lipinski definition) is 4. The van der Waals surface area contributed by atoms with Gasteiger partial charge in [0.05, 0.1) is 6.10 Å². The molecule has 1 unspecified atom stereocenters. The van der Waals surface area contributed by atoms with E-state index >= 15 is 0 Å². The molecule has 0 aromatic heterocycles. The van der Waals surface area contributed by atoms with Crippen molar-refractivity contribution in [2.75, 3.05) is 37.8 Å². The minimum absolute atomic E-state index is 0.0474. The maximum Gasteiger partial charge on any atom is 0.224 e. The first-order valence-corrected chi connectivity index (χ1v) is 7.49. The smallest absolute Gasteiger partial charge is 0.224 e. The fraction of sp³-hybridized carbons (Fsp3) is 0.562. The number of nitrogens with one attached hydrogen (secondary N) is 1. The van der Waals surface area contributed by atoms with Gasteiger partial charge < -0.3 is 20.7 Å². The van der Waals surface area contributed by atoms with E-state index in [-0.39, 0.29) is 5.91 Å². The van der Waals surface area contributed by atoms with Gasteiger partial charge in [0.2, 0.25) is 5.91 Å². The monoisotopic (exact) mass is 291 g/mol. The number of anilines is 2. The molecule has 2 rings (SSSR count). The number of rotatable bonds is 6. The van der Waals surface area contributed by atoms with E-state index in [1.807, 2.05) is 19.1 Å². The third kappa shape index (κ3) is 4.72. The van der Waals surface area contributed by atoms with Gasteiger partial charge in [-0.25, -0.2) is 0 Å². The molecule has 0 bridgehead atoms. The standard InChI is InChI=1S/C16H25N3O2/c1-12-5-6-13(17)10-15(12)18-16(20)4-3-8-19-9-7-14(11-19)21-2/h5-6,10,14H,3-4,7-9,11,17H2,1-2H3,(H,18,20). The Bertz CT molecular complexity index is 490. The summed E-state index contributed by atoms with van der Waals surface area (Å²) in [6, 6.07) is 5.56. The average molecular weight is 291 g/mol. The molecule has 5 nitrogen and oxygen atoms in total. The molecule has 0 radical (unpaired) electrons. The molecule has 1 aromatic rings. The summed E-state index contributed by atoms with van der Waals surface area (Å²) in [6.07, 6.45) is 2.84. The van der Waals surface area contributed by atoms with Gasteiger partial charge in [-0.05, 0) is 44.0 Å². The van der Waals surface area contributed by atoms with Crippen molar-refractivity contribution in [2.24, 2.45) is 0 Å². The first kappa shape index (κ1) is 15.8. The number of ether oxygens (including phenoxy) is 1. The Balaban J connectivity index is 1.71. The molecule has 116 valence electrons. The lowest BCUT2D eigenvalue weighted by molar-refractivity contribution is -0.116. The summed E-state index contributed by atoms with van der Waals surface area (Å²) >= 11 is 0. The summed E-state index contributed by atoms with van der Waals surface area (Å²) in [7, 11) is 1.76. The van der Waals surface area contributed by atoms with Gasteiger partial charge in [-0.3, -0.25) is 4.79 Å².